The zero-order valence-electron chi connectivity index (χ0n) is 8.74. The van der Waals surface area contributed by atoms with Crippen molar-refractivity contribution >= 4 is 18.2 Å². The number of rotatable bonds is 1. The Morgan fingerprint density at radius 1 is 1.29 bits per heavy atom. The first-order valence-electron chi connectivity index (χ1n) is 5.01. The Bertz CT molecular complexity index is 652. The third-order valence-electron chi connectivity index (χ3n) is 2.50. The molecule has 0 radical (unpaired) electrons. The second-order valence-corrected chi connectivity index (χ2v) is 3.48. The quantitative estimate of drug-likeness (QED) is 0.540. The number of nitrogens with zero attached hydrogens (tertiary/aromatic N) is 5. The van der Waals surface area contributed by atoms with E-state index in [0.717, 1.165) is 11.3 Å². The molecule has 1 aromatic heterocycles. The van der Waals surface area contributed by atoms with Gasteiger partial charge in [-0.3, -0.25) is 9.56 Å². The minimum atomic E-state index is 0.230. The van der Waals surface area contributed by atoms with Gasteiger partial charge >= 0.3 is 0 Å². The van der Waals surface area contributed by atoms with E-state index in [1.54, 1.807) is 10.8 Å². The van der Waals surface area contributed by atoms with Crippen LogP contribution in [0, 0.1) is 0 Å². The zero-order valence-corrected chi connectivity index (χ0v) is 8.74. The van der Waals surface area contributed by atoms with Crippen molar-refractivity contribution in [3.63, 3.8) is 0 Å². The number of hydrogen-bond acceptors (Lipinski definition) is 5. The van der Waals surface area contributed by atoms with E-state index in [2.05, 4.69) is 20.2 Å². The molecule has 3 rings (SSSR count). The summed E-state index contributed by atoms with van der Waals surface area (Å²) in [5, 5.41) is 7.80. The van der Waals surface area contributed by atoms with E-state index in [1.807, 2.05) is 24.3 Å². The Morgan fingerprint density at radius 3 is 3.06 bits per heavy atom. The van der Waals surface area contributed by atoms with Crippen molar-refractivity contribution in [2.75, 3.05) is 0 Å². The largest absolute Gasteiger partial charge is 0.284 e. The van der Waals surface area contributed by atoms with E-state index in [9.17, 15) is 4.79 Å². The van der Waals surface area contributed by atoms with Gasteiger partial charge in [0.1, 0.15) is 0 Å². The molecule has 1 aromatic carbocycles. The highest BCUT2D eigenvalue weighted by atomic mass is 16.1. The molecule has 0 saturated heterocycles. The molecule has 1 aliphatic rings. The Balaban J connectivity index is 2.33. The first-order valence-corrected chi connectivity index (χ1v) is 5.01. The van der Waals surface area contributed by atoms with Gasteiger partial charge in [-0.25, -0.2) is 4.79 Å². The smallest absolute Gasteiger partial charge is 0.266 e. The molecular formula is C11H7N5O. The normalized spacial score (nSPS) is 12.2. The van der Waals surface area contributed by atoms with Crippen molar-refractivity contribution < 1.29 is 4.79 Å². The molecule has 0 N–H and O–H groups in total. The van der Waals surface area contributed by atoms with Gasteiger partial charge in [-0.15, -0.1) is 15.2 Å². The predicted molar refractivity (Wildman–Crippen MR) is 60.4 cm³/mol. The van der Waals surface area contributed by atoms with Gasteiger partial charge in [-0.05, 0) is 6.07 Å². The molecule has 1 aliphatic heterocycles. The number of hydrogen-bond donors (Lipinski definition) is 0. The molecule has 0 fully saturated rings. The summed E-state index contributed by atoms with van der Waals surface area (Å²) in [7, 11) is 0. The van der Waals surface area contributed by atoms with E-state index >= 15 is 0 Å². The molecule has 2 aromatic rings. The Morgan fingerprint density at radius 2 is 2.18 bits per heavy atom. The molecule has 17 heavy (non-hydrogen) atoms. The van der Waals surface area contributed by atoms with Crippen LogP contribution in [-0.4, -0.2) is 27.1 Å². The van der Waals surface area contributed by atoms with Crippen LogP contribution in [0.1, 0.15) is 11.4 Å². The van der Waals surface area contributed by atoms with Crippen LogP contribution >= 0.6 is 0 Å². The highest BCUT2D eigenvalue weighted by Crippen LogP contribution is 2.23. The van der Waals surface area contributed by atoms with Crippen molar-refractivity contribution in [3.8, 4) is 5.69 Å². The summed E-state index contributed by atoms with van der Waals surface area (Å²) in [6.45, 7) is 0.413. The first kappa shape index (κ1) is 9.62. The lowest BCUT2D eigenvalue weighted by atomic mass is 10.2. The van der Waals surface area contributed by atoms with E-state index in [4.69, 9.17) is 0 Å². The highest BCUT2D eigenvalue weighted by Gasteiger charge is 2.17. The molecular weight excluding hydrogens is 218 g/mol. The maximum Gasteiger partial charge on any atom is 0.266 e. The fourth-order valence-corrected chi connectivity index (χ4v) is 1.80. The number of aromatic nitrogens is 3. The average molecular weight is 225 g/mol. The van der Waals surface area contributed by atoms with Crippen LogP contribution in [0.2, 0.25) is 0 Å². The number of isocyanates is 1. The fourth-order valence-electron chi connectivity index (χ4n) is 1.80. The number of benzene rings is 1. The lowest BCUT2D eigenvalue weighted by Crippen LogP contribution is -2.00. The van der Waals surface area contributed by atoms with E-state index in [0.29, 0.717) is 12.4 Å². The summed E-state index contributed by atoms with van der Waals surface area (Å²) in [6.07, 6.45) is 3.26. The van der Waals surface area contributed by atoms with Crippen LogP contribution in [0.5, 0.6) is 0 Å². The van der Waals surface area contributed by atoms with Crippen LogP contribution < -0.4 is 0 Å². The van der Waals surface area contributed by atoms with Crippen LogP contribution in [0.3, 0.4) is 0 Å². The molecule has 6 heteroatoms. The van der Waals surface area contributed by atoms with Crippen LogP contribution in [0.4, 0.5) is 5.95 Å². The van der Waals surface area contributed by atoms with Gasteiger partial charge < -0.3 is 0 Å². The van der Waals surface area contributed by atoms with E-state index < -0.39 is 0 Å². The van der Waals surface area contributed by atoms with Crippen molar-refractivity contribution in [1.82, 2.24) is 14.8 Å². The summed E-state index contributed by atoms with van der Waals surface area (Å²) in [5.41, 5.74) is 1.80. The van der Waals surface area contributed by atoms with Crippen molar-refractivity contribution in [2.24, 2.45) is 9.98 Å². The van der Waals surface area contributed by atoms with Crippen LogP contribution in [-0.2, 0) is 11.3 Å². The summed E-state index contributed by atoms with van der Waals surface area (Å²) in [4.78, 5) is 18.1. The van der Waals surface area contributed by atoms with Crippen molar-refractivity contribution in [2.45, 2.75) is 6.54 Å². The molecule has 0 atom stereocenters. The molecule has 0 saturated carbocycles. The lowest BCUT2D eigenvalue weighted by molar-refractivity contribution is 0.565. The minimum absolute atomic E-state index is 0.230. The monoisotopic (exact) mass is 225 g/mol. The van der Waals surface area contributed by atoms with Crippen molar-refractivity contribution in [1.29, 1.82) is 0 Å². The Hall–Kier alpha value is -2.59. The molecule has 82 valence electrons. The SMILES string of the molecule is O=C=Nc1nnc2n1-c1ccccc1C=NC2. The van der Waals surface area contributed by atoms with Crippen LogP contribution in [0.25, 0.3) is 5.69 Å². The summed E-state index contributed by atoms with van der Waals surface area (Å²) < 4.78 is 1.72. The van der Waals surface area contributed by atoms with Gasteiger partial charge in [0.25, 0.3) is 5.95 Å². The third-order valence-corrected chi connectivity index (χ3v) is 2.50. The molecule has 0 unspecified atom stereocenters. The summed E-state index contributed by atoms with van der Waals surface area (Å²) in [6, 6.07) is 7.66. The predicted octanol–water partition coefficient (Wildman–Crippen LogP) is 1.17. The number of aliphatic imine (C=N–C) groups is 2. The van der Waals surface area contributed by atoms with Gasteiger partial charge in [-0.2, -0.15) is 0 Å². The third kappa shape index (κ3) is 1.47. The lowest BCUT2D eigenvalue weighted by Gasteiger charge is -2.06. The number of para-hydroxylation sites is 1. The van der Waals surface area contributed by atoms with Gasteiger partial charge in [0, 0.05) is 11.8 Å². The number of carbonyl (C=O) groups excluding carboxylic acids is 1. The molecule has 0 spiro atoms. The second-order valence-electron chi connectivity index (χ2n) is 3.48. The van der Waals surface area contributed by atoms with E-state index in [-0.39, 0.29) is 5.95 Å². The van der Waals surface area contributed by atoms with Gasteiger partial charge in [0.05, 0.1) is 12.2 Å². The van der Waals surface area contributed by atoms with Gasteiger partial charge in [-0.1, -0.05) is 18.2 Å². The van der Waals surface area contributed by atoms with Crippen molar-refractivity contribution in [3.05, 3.63) is 35.7 Å². The molecule has 0 aliphatic carbocycles. The van der Waals surface area contributed by atoms with Gasteiger partial charge in [0.15, 0.2) is 5.82 Å². The molecule has 2 heterocycles. The maximum atomic E-state index is 10.4. The zero-order chi connectivity index (χ0) is 11.7. The van der Waals surface area contributed by atoms with Gasteiger partial charge in [0.2, 0.25) is 6.08 Å². The van der Waals surface area contributed by atoms with E-state index in [1.165, 1.54) is 6.08 Å². The fraction of sp³-hybridized carbons (Fsp3) is 0.0909. The minimum Gasteiger partial charge on any atom is -0.284 e. The molecule has 6 nitrogen and oxygen atoms in total. The highest BCUT2D eigenvalue weighted by molar-refractivity contribution is 5.85. The topological polar surface area (TPSA) is 72.5 Å². The Labute approximate surface area is 96.4 Å². The maximum absolute atomic E-state index is 10.4. The summed E-state index contributed by atoms with van der Waals surface area (Å²) in [5.74, 6) is 0.883. The first-order chi connectivity index (χ1) is 8.40. The second kappa shape index (κ2) is 3.77. The van der Waals surface area contributed by atoms with Crippen LogP contribution in [0.15, 0.2) is 34.3 Å². The molecule has 0 bridgehead atoms. The number of fused-ring (bicyclic) bond motifs is 3. The Kier molecular flexibility index (Phi) is 2.13. The summed E-state index contributed by atoms with van der Waals surface area (Å²) >= 11 is 0. The molecule has 0 amide bonds. The average Bonchev–Trinajstić information content (AvgIpc) is 2.65. The standard InChI is InChI=1S/C11H7N5O/c17-7-13-11-15-14-10-6-12-5-8-3-1-2-4-9(8)16(10)11/h1-5H,6H2.